The maximum atomic E-state index is 15.9. The Labute approximate surface area is 201 Å². The van der Waals surface area contributed by atoms with E-state index in [9.17, 15) is 22.4 Å². The van der Waals surface area contributed by atoms with Gasteiger partial charge in [0.2, 0.25) is 10.0 Å². The monoisotopic (exact) mass is 506 g/mol. The van der Waals surface area contributed by atoms with E-state index in [0.29, 0.717) is 5.56 Å². The van der Waals surface area contributed by atoms with E-state index in [-0.39, 0.29) is 30.2 Å². The molecule has 0 spiro atoms. The number of nitrogens with zero attached hydrogens (tertiary/aromatic N) is 4. The van der Waals surface area contributed by atoms with Crippen molar-refractivity contribution in [1.82, 2.24) is 14.1 Å². The van der Waals surface area contributed by atoms with Gasteiger partial charge in [0.05, 0.1) is 30.5 Å². The molecule has 9 nitrogen and oxygen atoms in total. The van der Waals surface area contributed by atoms with Crippen molar-refractivity contribution in [3.05, 3.63) is 71.3 Å². The SMILES string of the molecule is CC1CN(S(C)(=O)=O)CC(=O)C1c1nn(C(=O)c2ccoc2)c(N(C)Cc2ccc(F)cc2)c1F. The molecule has 2 atom stereocenters. The minimum atomic E-state index is -3.61. The summed E-state index contributed by atoms with van der Waals surface area (Å²) >= 11 is 0. The van der Waals surface area contributed by atoms with Gasteiger partial charge in [0.1, 0.15) is 17.8 Å². The van der Waals surface area contributed by atoms with Gasteiger partial charge in [0, 0.05) is 20.1 Å². The summed E-state index contributed by atoms with van der Waals surface area (Å²) < 4.78 is 60.0. The lowest BCUT2D eigenvalue weighted by Gasteiger charge is -2.33. The Morgan fingerprint density at radius 1 is 1.23 bits per heavy atom. The second-order valence-electron chi connectivity index (χ2n) is 8.71. The van der Waals surface area contributed by atoms with Crippen molar-refractivity contribution in [3.63, 3.8) is 0 Å². The lowest BCUT2D eigenvalue weighted by atomic mass is 9.84. The predicted molar refractivity (Wildman–Crippen MR) is 122 cm³/mol. The molecule has 1 aromatic carbocycles. The number of carbonyl (C=O) groups is 2. The fourth-order valence-electron chi connectivity index (χ4n) is 4.28. The lowest BCUT2D eigenvalue weighted by Crippen LogP contribution is -2.47. The molecule has 3 aromatic rings. The lowest BCUT2D eigenvalue weighted by molar-refractivity contribution is -0.124. The number of hydrogen-bond acceptors (Lipinski definition) is 7. The standard InChI is InChI=1S/C23H24F2N4O5S/c1-14-10-28(35(3,32)33)12-18(30)19(14)21-20(25)22(27(2)11-15-4-6-17(24)7-5-15)29(26-21)23(31)16-8-9-34-13-16/h4-9,13-14,19H,10-12H2,1-3H3. The van der Waals surface area contributed by atoms with Crippen molar-refractivity contribution >= 4 is 27.5 Å². The topological polar surface area (TPSA) is 106 Å². The molecule has 12 heteroatoms. The van der Waals surface area contributed by atoms with Gasteiger partial charge in [0.15, 0.2) is 17.4 Å². The van der Waals surface area contributed by atoms with Crippen LogP contribution in [0, 0.1) is 17.6 Å². The zero-order valence-corrected chi connectivity index (χ0v) is 20.1. The summed E-state index contributed by atoms with van der Waals surface area (Å²) in [4.78, 5) is 27.5. The molecule has 1 aliphatic rings. The molecule has 2 aromatic heterocycles. The molecule has 1 saturated heterocycles. The molecule has 0 radical (unpaired) electrons. The first kappa shape index (κ1) is 24.7. The molecule has 0 saturated carbocycles. The van der Waals surface area contributed by atoms with Crippen LogP contribution in [0.25, 0.3) is 0 Å². The average molecular weight is 507 g/mol. The van der Waals surface area contributed by atoms with E-state index in [0.717, 1.165) is 15.2 Å². The fourth-order valence-corrected chi connectivity index (χ4v) is 5.15. The molecule has 4 rings (SSSR count). The molecule has 0 bridgehead atoms. The predicted octanol–water partition coefficient (Wildman–Crippen LogP) is 2.64. The number of ketones is 1. The summed E-state index contributed by atoms with van der Waals surface area (Å²) in [7, 11) is -2.07. The molecule has 186 valence electrons. The molecule has 1 fully saturated rings. The summed E-state index contributed by atoms with van der Waals surface area (Å²) in [5, 5.41) is 4.21. The van der Waals surface area contributed by atoms with Crippen LogP contribution in [0.1, 0.15) is 34.5 Å². The fraction of sp³-hybridized carbons (Fsp3) is 0.348. The second kappa shape index (κ2) is 9.34. The highest BCUT2D eigenvalue weighted by molar-refractivity contribution is 7.88. The van der Waals surface area contributed by atoms with Crippen LogP contribution in [-0.4, -0.2) is 60.6 Å². The number of rotatable bonds is 6. The van der Waals surface area contributed by atoms with Gasteiger partial charge < -0.3 is 9.32 Å². The molecule has 0 aliphatic carbocycles. The Kier molecular flexibility index (Phi) is 6.60. The number of sulfonamides is 1. The first-order chi connectivity index (χ1) is 16.5. The number of Topliss-reactive ketones (excluding diaryl/α,β-unsaturated/α-hetero) is 1. The first-order valence-corrected chi connectivity index (χ1v) is 12.6. The van der Waals surface area contributed by atoms with E-state index in [1.807, 2.05) is 0 Å². The van der Waals surface area contributed by atoms with E-state index in [4.69, 9.17) is 4.42 Å². The highest BCUT2D eigenvalue weighted by Gasteiger charge is 2.42. The Hall–Kier alpha value is -3.38. The van der Waals surface area contributed by atoms with Gasteiger partial charge in [0.25, 0.3) is 5.91 Å². The number of anilines is 1. The van der Waals surface area contributed by atoms with Crippen LogP contribution in [0.3, 0.4) is 0 Å². The van der Waals surface area contributed by atoms with Gasteiger partial charge in [-0.05, 0) is 29.7 Å². The number of benzene rings is 1. The van der Waals surface area contributed by atoms with Gasteiger partial charge in [-0.25, -0.2) is 17.2 Å². The van der Waals surface area contributed by atoms with E-state index in [1.165, 1.54) is 47.8 Å². The van der Waals surface area contributed by atoms with Crippen molar-refractivity contribution in [3.8, 4) is 0 Å². The normalized spacial score (nSPS) is 19.2. The van der Waals surface area contributed by atoms with E-state index in [1.54, 1.807) is 14.0 Å². The molecule has 3 heterocycles. The van der Waals surface area contributed by atoms with E-state index < -0.39 is 51.7 Å². The molecule has 1 aliphatic heterocycles. The third-order valence-corrected chi connectivity index (χ3v) is 7.20. The Bertz CT molecular complexity index is 1350. The second-order valence-corrected chi connectivity index (χ2v) is 10.7. The minimum Gasteiger partial charge on any atom is -0.472 e. The summed E-state index contributed by atoms with van der Waals surface area (Å²) in [6.45, 7) is 1.36. The summed E-state index contributed by atoms with van der Waals surface area (Å²) in [5.41, 5.74) is 0.555. The quantitative estimate of drug-likeness (QED) is 0.506. The third kappa shape index (κ3) is 4.89. The molecule has 35 heavy (non-hydrogen) atoms. The maximum Gasteiger partial charge on any atom is 0.283 e. The Morgan fingerprint density at radius 2 is 1.91 bits per heavy atom. The van der Waals surface area contributed by atoms with Crippen molar-refractivity contribution in [1.29, 1.82) is 0 Å². The van der Waals surface area contributed by atoms with Crippen LogP contribution in [0.2, 0.25) is 0 Å². The van der Waals surface area contributed by atoms with Gasteiger partial charge in [-0.1, -0.05) is 19.1 Å². The Morgan fingerprint density at radius 3 is 2.49 bits per heavy atom. The van der Waals surface area contributed by atoms with Crippen molar-refractivity contribution in [2.24, 2.45) is 5.92 Å². The molecular formula is C23H24F2N4O5S. The maximum absolute atomic E-state index is 15.9. The van der Waals surface area contributed by atoms with Crippen LogP contribution in [0.4, 0.5) is 14.6 Å². The minimum absolute atomic E-state index is 0.0119. The number of aromatic nitrogens is 2. The van der Waals surface area contributed by atoms with Crippen molar-refractivity contribution in [2.75, 3.05) is 31.3 Å². The number of carbonyl (C=O) groups excluding carboxylic acids is 2. The largest absolute Gasteiger partial charge is 0.472 e. The molecule has 0 N–H and O–H groups in total. The number of furan rings is 1. The van der Waals surface area contributed by atoms with Crippen LogP contribution in [0.15, 0.2) is 47.3 Å². The van der Waals surface area contributed by atoms with Crippen LogP contribution >= 0.6 is 0 Å². The van der Waals surface area contributed by atoms with Gasteiger partial charge >= 0.3 is 0 Å². The van der Waals surface area contributed by atoms with Crippen LogP contribution in [-0.2, 0) is 21.4 Å². The van der Waals surface area contributed by atoms with Gasteiger partial charge in [-0.2, -0.15) is 14.1 Å². The highest BCUT2D eigenvalue weighted by atomic mass is 32.2. The zero-order chi connectivity index (χ0) is 25.5. The van der Waals surface area contributed by atoms with Crippen molar-refractivity contribution in [2.45, 2.75) is 19.4 Å². The van der Waals surface area contributed by atoms with E-state index in [2.05, 4.69) is 5.10 Å². The third-order valence-electron chi connectivity index (χ3n) is 5.99. The summed E-state index contributed by atoms with van der Waals surface area (Å²) in [6.07, 6.45) is 3.50. The molecule has 2 unspecified atom stereocenters. The van der Waals surface area contributed by atoms with Gasteiger partial charge in [-0.15, -0.1) is 0 Å². The van der Waals surface area contributed by atoms with E-state index >= 15 is 4.39 Å². The zero-order valence-electron chi connectivity index (χ0n) is 19.3. The van der Waals surface area contributed by atoms with Crippen LogP contribution < -0.4 is 4.90 Å². The number of piperidine rings is 1. The van der Waals surface area contributed by atoms with Crippen LogP contribution in [0.5, 0.6) is 0 Å². The number of halogens is 2. The summed E-state index contributed by atoms with van der Waals surface area (Å²) in [6, 6.07) is 7.03. The number of hydrogen-bond donors (Lipinski definition) is 0. The molecule has 0 amide bonds. The first-order valence-electron chi connectivity index (χ1n) is 10.8. The Balaban J connectivity index is 1.76. The van der Waals surface area contributed by atoms with Crippen molar-refractivity contribution < 1.29 is 31.2 Å². The molecular weight excluding hydrogens is 482 g/mol. The van der Waals surface area contributed by atoms with Gasteiger partial charge in [-0.3, -0.25) is 9.59 Å². The summed E-state index contributed by atoms with van der Waals surface area (Å²) in [5.74, 6) is -4.25. The smallest absolute Gasteiger partial charge is 0.283 e. The highest BCUT2D eigenvalue weighted by Crippen LogP contribution is 2.36. The average Bonchev–Trinajstić information content (AvgIpc) is 3.43.